The van der Waals surface area contributed by atoms with E-state index in [4.69, 9.17) is 19.9 Å². The Kier molecular flexibility index (Phi) is 10.5. The van der Waals surface area contributed by atoms with E-state index in [-0.39, 0.29) is 22.8 Å². The number of hydrogen-bond donors (Lipinski definition) is 4. The first-order valence-corrected chi connectivity index (χ1v) is 16.3. The first kappa shape index (κ1) is 33.5. The summed E-state index contributed by atoms with van der Waals surface area (Å²) in [6, 6.07) is 13.2. The summed E-state index contributed by atoms with van der Waals surface area (Å²) in [7, 11) is -2.32. The molecule has 5 N–H and O–H groups in total. The summed E-state index contributed by atoms with van der Waals surface area (Å²) in [6.45, 7) is 10.1. The number of nitrogens with one attached hydrogen (secondary N) is 3. The molecule has 14 heteroatoms. The summed E-state index contributed by atoms with van der Waals surface area (Å²) in [4.78, 5) is 27.9. The van der Waals surface area contributed by atoms with Crippen molar-refractivity contribution in [3.05, 3.63) is 59.7 Å². The lowest BCUT2D eigenvalue weighted by molar-refractivity contribution is -0.110. The number of carbonyl (C=O) groups excluding carboxylic acids is 2. The van der Waals surface area contributed by atoms with Crippen molar-refractivity contribution in [1.82, 2.24) is 10.3 Å². The van der Waals surface area contributed by atoms with Gasteiger partial charge in [0.25, 0.3) is 5.91 Å². The van der Waals surface area contributed by atoms with Crippen molar-refractivity contribution >= 4 is 49.8 Å². The van der Waals surface area contributed by atoms with Crippen molar-refractivity contribution in [2.75, 3.05) is 62.9 Å². The van der Waals surface area contributed by atoms with Gasteiger partial charge in [0.1, 0.15) is 12.4 Å². The second-order valence-electron chi connectivity index (χ2n) is 11.6. The number of urea groups is 1. The van der Waals surface area contributed by atoms with Crippen LogP contribution in [0.1, 0.15) is 31.9 Å². The zero-order valence-electron chi connectivity index (χ0n) is 26.1. The smallest absolute Gasteiger partial charge is 0.332 e. The van der Waals surface area contributed by atoms with Crippen molar-refractivity contribution < 1.29 is 32.2 Å². The highest BCUT2D eigenvalue weighted by Gasteiger charge is 2.25. The molecule has 0 unspecified atom stereocenters. The highest BCUT2D eigenvalue weighted by atomic mass is 32.2. The van der Waals surface area contributed by atoms with Crippen LogP contribution in [-0.2, 0) is 25.0 Å². The van der Waals surface area contributed by atoms with Crippen LogP contribution in [0.15, 0.2) is 53.6 Å². The number of primary amides is 1. The summed E-state index contributed by atoms with van der Waals surface area (Å²) in [5.74, 6) is 0.0173. The van der Waals surface area contributed by atoms with E-state index in [2.05, 4.69) is 25.5 Å². The van der Waals surface area contributed by atoms with Gasteiger partial charge in [0.2, 0.25) is 10.0 Å². The number of anilines is 2. The average molecular weight is 641 g/mol. The number of morpholine rings is 1. The minimum absolute atomic E-state index is 0.0952. The minimum atomic E-state index is -3.68. The number of sulfonamides is 1. The van der Waals surface area contributed by atoms with Gasteiger partial charge < -0.3 is 25.3 Å². The summed E-state index contributed by atoms with van der Waals surface area (Å²) in [5.41, 5.74) is 8.38. The van der Waals surface area contributed by atoms with Crippen molar-refractivity contribution in [2.24, 2.45) is 10.8 Å². The van der Waals surface area contributed by atoms with Crippen molar-refractivity contribution in [2.45, 2.75) is 26.2 Å². The Morgan fingerprint density at radius 2 is 1.71 bits per heavy atom. The number of methoxy groups -OCH3 is 1. The maximum Gasteiger partial charge on any atom is 0.332 e. The van der Waals surface area contributed by atoms with E-state index in [1.807, 2.05) is 45.0 Å². The van der Waals surface area contributed by atoms with Crippen LogP contribution in [-0.4, -0.2) is 83.8 Å². The lowest BCUT2D eigenvalue weighted by Gasteiger charge is -2.26. The van der Waals surface area contributed by atoms with Gasteiger partial charge in [-0.25, -0.2) is 18.6 Å². The van der Waals surface area contributed by atoms with Crippen LogP contribution in [0, 0.1) is 0 Å². The highest BCUT2D eigenvalue weighted by molar-refractivity contribution is 7.92. The summed E-state index contributed by atoms with van der Waals surface area (Å²) in [5, 5.41) is 8.26. The molecule has 0 saturated carbocycles. The molecule has 1 aliphatic rings. The van der Waals surface area contributed by atoms with Gasteiger partial charge in [0.15, 0.2) is 11.5 Å². The number of rotatable bonds is 11. The number of amides is 3. The van der Waals surface area contributed by atoms with Crippen molar-refractivity contribution in [3.63, 3.8) is 0 Å². The molecular formula is C31H40N6O7S. The van der Waals surface area contributed by atoms with E-state index >= 15 is 0 Å². The van der Waals surface area contributed by atoms with Crippen molar-refractivity contribution in [3.8, 4) is 11.5 Å². The molecule has 0 atom stereocenters. The first-order chi connectivity index (χ1) is 21.3. The molecule has 45 heavy (non-hydrogen) atoms. The van der Waals surface area contributed by atoms with Crippen molar-refractivity contribution in [1.29, 1.82) is 0 Å². The third-order valence-corrected chi connectivity index (χ3v) is 7.69. The normalized spacial score (nSPS) is 14.6. The van der Waals surface area contributed by atoms with E-state index in [1.54, 1.807) is 24.3 Å². The number of benzene rings is 3. The van der Waals surface area contributed by atoms with Crippen LogP contribution >= 0.6 is 0 Å². The molecule has 0 aromatic heterocycles. The third-order valence-electron chi connectivity index (χ3n) is 7.10. The Bertz CT molecular complexity index is 1700. The third kappa shape index (κ3) is 8.84. The fraction of sp³-hybridized carbons (Fsp3) is 0.387. The Hall–Kier alpha value is -4.40. The van der Waals surface area contributed by atoms with E-state index in [0.717, 1.165) is 36.8 Å². The Morgan fingerprint density at radius 3 is 2.33 bits per heavy atom. The number of hydrogen-bond acceptors (Lipinski definition) is 9. The molecule has 1 saturated heterocycles. The van der Waals surface area contributed by atoms with Crippen LogP contribution in [0.2, 0.25) is 0 Å². The molecule has 0 bridgehead atoms. The Balaban J connectivity index is 1.73. The zero-order valence-corrected chi connectivity index (χ0v) is 26.9. The highest BCUT2D eigenvalue weighted by Crippen LogP contribution is 2.39. The molecule has 3 aromatic rings. The van der Waals surface area contributed by atoms with Crippen LogP contribution in [0.3, 0.4) is 0 Å². The SMILES string of the molecule is COc1c(NC(=O)C(=NNC(N)=O)c2ccc(OCCN3CCOCC3)c3ccccc23)cc(C(C)(C)C)cc1NS(C)(=O)=O. The number of carbonyl (C=O) groups is 2. The van der Waals surface area contributed by atoms with Gasteiger partial charge in [-0.2, -0.15) is 5.10 Å². The maximum absolute atomic E-state index is 14.0. The quantitative estimate of drug-likeness (QED) is 0.183. The number of nitrogens with two attached hydrogens (primary N) is 1. The predicted molar refractivity (Wildman–Crippen MR) is 175 cm³/mol. The minimum Gasteiger partial charge on any atom is -0.492 e. The monoisotopic (exact) mass is 640 g/mol. The molecular weight excluding hydrogens is 600 g/mol. The van der Waals surface area contributed by atoms with Crippen LogP contribution in [0.25, 0.3) is 10.8 Å². The second kappa shape index (κ2) is 14.1. The first-order valence-electron chi connectivity index (χ1n) is 14.4. The molecule has 0 spiro atoms. The topological polar surface area (TPSA) is 174 Å². The van der Waals surface area contributed by atoms with Crippen LogP contribution in [0.5, 0.6) is 11.5 Å². The van der Waals surface area contributed by atoms with E-state index < -0.39 is 27.4 Å². The average Bonchev–Trinajstić information content (AvgIpc) is 2.97. The molecule has 13 nitrogen and oxygen atoms in total. The molecule has 242 valence electrons. The van der Waals surface area contributed by atoms with Gasteiger partial charge >= 0.3 is 6.03 Å². The van der Waals surface area contributed by atoms with Gasteiger partial charge in [-0.15, -0.1) is 0 Å². The van der Waals surface area contributed by atoms with E-state index in [1.165, 1.54) is 7.11 Å². The van der Waals surface area contributed by atoms with Gasteiger partial charge in [0.05, 0.1) is 38.0 Å². The van der Waals surface area contributed by atoms with Gasteiger partial charge in [-0.3, -0.25) is 14.4 Å². The molecule has 3 aromatic carbocycles. The second-order valence-corrected chi connectivity index (χ2v) is 13.3. The number of hydrazone groups is 1. The van der Waals surface area contributed by atoms with Gasteiger partial charge in [-0.05, 0) is 40.6 Å². The maximum atomic E-state index is 14.0. The lowest BCUT2D eigenvalue weighted by atomic mass is 9.86. The lowest BCUT2D eigenvalue weighted by Crippen LogP contribution is -2.38. The molecule has 3 amide bonds. The van der Waals surface area contributed by atoms with Crippen LogP contribution in [0.4, 0.5) is 16.2 Å². The molecule has 1 aliphatic heterocycles. The number of fused-ring (bicyclic) bond motifs is 1. The molecule has 1 heterocycles. The molecule has 0 radical (unpaired) electrons. The molecule has 0 aliphatic carbocycles. The fourth-order valence-corrected chi connectivity index (χ4v) is 5.44. The van der Waals surface area contributed by atoms with E-state index in [9.17, 15) is 18.0 Å². The van der Waals surface area contributed by atoms with Crippen LogP contribution < -0.4 is 30.7 Å². The number of ether oxygens (including phenoxy) is 3. The summed E-state index contributed by atoms with van der Waals surface area (Å²) < 4.78 is 43.9. The fourth-order valence-electron chi connectivity index (χ4n) is 4.89. The van der Waals surface area contributed by atoms with Gasteiger partial charge in [-0.1, -0.05) is 45.0 Å². The van der Waals surface area contributed by atoms with E-state index in [0.29, 0.717) is 36.5 Å². The largest absolute Gasteiger partial charge is 0.492 e. The summed E-state index contributed by atoms with van der Waals surface area (Å²) >= 11 is 0. The van der Waals surface area contributed by atoms with Gasteiger partial charge in [0, 0.05) is 30.6 Å². The molecule has 4 rings (SSSR count). The number of nitrogens with zero attached hydrogens (tertiary/aromatic N) is 2. The standard InChI is InChI=1S/C31H40N6O7S/c1-31(2,3)20-18-24(28(42-4)25(19-20)36-45(5,40)41)33-29(38)27(34-35-30(32)39)23-10-11-26(22-9-7-6-8-21(22)23)44-17-14-37-12-15-43-16-13-37/h6-11,18-19,36H,12-17H2,1-5H3,(H,33,38)(H3,32,35,39). The zero-order chi connectivity index (χ0) is 32.8. The summed E-state index contributed by atoms with van der Waals surface area (Å²) in [6.07, 6.45) is 1.02. The Labute approximate surface area is 263 Å². The Morgan fingerprint density at radius 1 is 1.04 bits per heavy atom. The molecule has 1 fully saturated rings. The predicted octanol–water partition coefficient (Wildman–Crippen LogP) is 3.24.